The molecule has 6 nitrogen and oxygen atoms in total. The topological polar surface area (TPSA) is 74.5 Å². The van der Waals surface area contributed by atoms with Crippen molar-refractivity contribution in [3.05, 3.63) is 68.1 Å². The van der Waals surface area contributed by atoms with Gasteiger partial charge in [-0.3, -0.25) is 10.1 Å². The van der Waals surface area contributed by atoms with Crippen LogP contribution in [0, 0.1) is 10.1 Å². The molecule has 128 valence electrons. The molecule has 0 aliphatic rings. The van der Waals surface area contributed by atoms with Crippen molar-refractivity contribution in [2.24, 2.45) is 0 Å². The Morgan fingerprint density at radius 3 is 2.80 bits per heavy atom. The van der Waals surface area contributed by atoms with Gasteiger partial charge in [-0.2, -0.15) is 0 Å². The van der Waals surface area contributed by atoms with Crippen molar-refractivity contribution in [2.45, 2.75) is 6.61 Å². The second-order valence-corrected chi connectivity index (χ2v) is 6.81. The lowest BCUT2D eigenvalue weighted by atomic mass is 10.2. The van der Waals surface area contributed by atoms with Gasteiger partial charge in [-0.1, -0.05) is 28.1 Å². The van der Waals surface area contributed by atoms with Crippen molar-refractivity contribution >= 4 is 33.0 Å². The van der Waals surface area contributed by atoms with Crippen molar-refractivity contribution in [1.82, 2.24) is 4.98 Å². The molecule has 0 N–H and O–H groups in total. The Hall–Kier alpha value is -2.45. The number of nitro benzene ring substituents is 1. The molecule has 0 unspecified atom stereocenters. The SMILES string of the molecule is COc1ccc([N+](=O)[O-])cc1OCc1csc(-c2cccc(Br)c2)n1. The molecule has 3 rings (SSSR count). The smallest absolute Gasteiger partial charge is 0.273 e. The van der Waals surface area contributed by atoms with E-state index in [1.165, 1.54) is 36.6 Å². The van der Waals surface area contributed by atoms with Gasteiger partial charge in [0.05, 0.1) is 23.8 Å². The summed E-state index contributed by atoms with van der Waals surface area (Å²) in [5.41, 5.74) is 1.70. The Kier molecular flexibility index (Phi) is 5.30. The molecular weight excluding hydrogens is 408 g/mol. The van der Waals surface area contributed by atoms with E-state index in [1.807, 2.05) is 29.6 Å². The van der Waals surface area contributed by atoms with Crippen LogP contribution in [0.4, 0.5) is 5.69 Å². The summed E-state index contributed by atoms with van der Waals surface area (Å²) in [6.45, 7) is 0.196. The van der Waals surface area contributed by atoms with Gasteiger partial charge >= 0.3 is 0 Å². The van der Waals surface area contributed by atoms with Crippen LogP contribution in [0.5, 0.6) is 11.5 Å². The quantitative estimate of drug-likeness (QED) is 0.411. The fourth-order valence-corrected chi connectivity index (χ4v) is 3.37. The first-order valence-electron chi connectivity index (χ1n) is 7.22. The number of nitrogens with zero attached hydrogens (tertiary/aromatic N) is 2. The standard InChI is InChI=1S/C17H13BrN2O4S/c1-23-15-6-5-14(20(21)22)8-16(15)24-9-13-10-25-17(19-13)11-3-2-4-12(18)7-11/h2-8,10H,9H2,1H3. The maximum atomic E-state index is 10.9. The van der Waals surface area contributed by atoms with Gasteiger partial charge in [0.25, 0.3) is 5.69 Å². The van der Waals surface area contributed by atoms with E-state index < -0.39 is 4.92 Å². The first kappa shape index (κ1) is 17.4. The van der Waals surface area contributed by atoms with Crippen molar-refractivity contribution in [3.8, 4) is 22.1 Å². The fraction of sp³-hybridized carbons (Fsp3) is 0.118. The van der Waals surface area contributed by atoms with Crippen LogP contribution in [0.1, 0.15) is 5.69 Å². The van der Waals surface area contributed by atoms with Gasteiger partial charge in [-0.15, -0.1) is 11.3 Å². The number of nitro groups is 1. The van der Waals surface area contributed by atoms with E-state index >= 15 is 0 Å². The average molecular weight is 421 g/mol. The Morgan fingerprint density at radius 1 is 1.24 bits per heavy atom. The van der Waals surface area contributed by atoms with E-state index in [9.17, 15) is 10.1 Å². The maximum Gasteiger partial charge on any atom is 0.273 e. The van der Waals surface area contributed by atoms with Crippen LogP contribution in [-0.2, 0) is 6.61 Å². The van der Waals surface area contributed by atoms with Gasteiger partial charge in [0.15, 0.2) is 11.5 Å². The number of ether oxygens (including phenoxy) is 2. The van der Waals surface area contributed by atoms with Gasteiger partial charge in [-0.25, -0.2) is 4.98 Å². The second kappa shape index (κ2) is 7.62. The third-order valence-electron chi connectivity index (χ3n) is 3.36. The molecule has 0 radical (unpaired) electrons. The number of halogens is 1. The van der Waals surface area contributed by atoms with Crippen LogP contribution in [0.25, 0.3) is 10.6 Å². The molecule has 0 saturated carbocycles. The number of non-ortho nitro benzene ring substituents is 1. The molecule has 0 spiro atoms. The number of rotatable bonds is 6. The number of benzene rings is 2. The number of hydrogen-bond acceptors (Lipinski definition) is 6. The summed E-state index contributed by atoms with van der Waals surface area (Å²) >= 11 is 4.96. The Morgan fingerprint density at radius 2 is 2.08 bits per heavy atom. The highest BCUT2D eigenvalue weighted by molar-refractivity contribution is 9.10. The number of methoxy groups -OCH3 is 1. The molecular formula is C17H13BrN2O4S. The second-order valence-electron chi connectivity index (χ2n) is 5.04. The third kappa shape index (κ3) is 4.15. The van der Waals surface area contributed by atoms with E-state index in [4.69, 9.17) is 9.47 Å². The summed E-state index contributed by atoms with van der Waals surface area (Å²) < 4.78 is 11.9. The Labute approximate surface area is 156 Å². The predicted molar refractivity (Wildman–Crippen MR) is 99.2 cm³/mol. The van der Waals surface area contributed by atoms with Crippen molar-refractivity contribution in [2.75, 3.05) is 7.11 Å². The van der Waals surface area contributed by atoms with Crippen molar-refractivity contribution < 1.29 is 14.4 Å². The highest BCUT2D eigenvalue weighted by atomic mass is 79.9. The van der Waals surface area contributed by atoms with Gasteiger partial charge < -0.3 is 9.47 Å². The molecule has 0 bridgehead atoms. The number of aromatic nitrogens is 1. The molecule has 2 aromatic carbocycles. The van der Waals surface area contributed by atoms with Gasteiger partial charge in [0, 0.05) is 21.5 Å². The molecule has 1 heterocycles. The zero-order chi connectivity index (χ0) is 17.8. The van der Waals surface area contributed by atoms with E-state index in [2.05, 4.69) is 20.9 Å². The summed E-state index contributed by atoms with van der Waals surface area (Å²) in [5, 5.41) is 13.7. The van der Waals surface area contributed by atoms with Crippen LogP contribution in [0.3, 0.4) is 0 Å². The molecule has 0 saturated heterocycles. The number of hydrogen-bond donors (Lipinski definition) is 0. The lowest BCUT2D eigenvalue weighted by Crippen LogP contribution is -1.99. The maximum absolute atomic E-state index is 10.9. The normalized spacial score (nSPS) is 10.5. The van der Waals surface area contributed by atoms with Crippen LogP contribution in [-0.4, -0.2) is 17.0 Å². The summed E-state index contributed by atoms with van der Waals surface area (Å²) in [5.74, 6) is 0.752. The minimum absolute atomic E-state index is 0.0519. The van der Waals surface area contributed by atoms with E-state index in [0.717, 1.165) is 20.7 Å². The molecule has 0 amide bonds. The van der Waals surface area contributed by atoms with Crippen molar-refractivity contribution in [1.29, 1.82) is 0 Å². The van der Waals surface area contributed by atoms with Crippen LogP contribution >= 0.6 is 27.3 Å². The highest BCUT2D eigenvalue weighted by Gasteiger charge is 2.13. The van der Waals surface area contributed by atoms with Gasteiger partial charge in [0.2, 0.25) is 0 Å². The fourth-order valence-electron chi connectivity index (χ4n) is 2.17. The van der Waals surface area contributed by atoms with Crippen LogP contribution in [0.15, 0.2) is 52.3 Å². The summed E-state index contributed by atoms with van der Waals surface area (Å²) in [6, 6.07) is 12.1. The van der Waals surface area contributed by atoms with Crippen LogP contribution < -0.4 is 9.47 Å². The first-order chi connectivity index (χ1) is 12.1. The van der Waals surface area contributed by atoms with E-state index in [-0.39, 0.29) is 12.3 Å². The minimum Gasteiger partial charge on any atom is -0.493 e. The molecule has 0 aliphatic carbocycles. The largest absolute Gasteiger partial charge is 0.493 e. The lowest BCUT2D eigenvalue weighted by molar-refractivity contribution is -0.385. The monoisotopic (exact) mass is 420 g/mol. The van der Waals surface area contributed by atoms with E-state index in [0.29, 0.717) is 11.5 Å². The summed E-state index contributed by atoms with van der Waals surface area (Å²) in [7, 11) is 1.49. The van der Waals surface area contributed by atoms with E-state index in [1.54, 1.807) is 0 Å². The molecule has 0 atom stereocenters. The molecule has 8 heteroatoms. The zero-order valence-corrected chi connectivity index (χ0v) is 15.5. The first-order valence-corrected chi connectivity index (χ1v) is 8.89. The summed E-state index contributed by atoms with van der Waals surface area (Å²) in [6.07, 6.45) is 0. The predicted octanol–water partition coefficient (Wildman–Crippen LogP) is 5.07. The average Bonchev–Trinajstić information content (AvgIpc) is 3.08. The molecule has 3 aromatic rings. The minimum atomic E-state index is -0.472. The molecule has 0 fully saturated rings. The van der Waals surface area contributed by atoms with Crippen LogP contribution in [0.2, 0.25) is 0 Å². The summed E-state index contributed by atoms with van der Waals surface area (Å²) in [4.78, 5) is 15.0. The number of thiazole rings is 1. The Bertz CT molecular complexity index is 913. The zero-order valence-electron chi connectivity index (χ0n) is 13.1. The Balaban J connectivity index is 1.76. The molecule has 0 aliphatic heterocycles. The lowest BCUT2D eigenvalue weighted by Gasteiger charge is -2.09. The molecule has 25 heavy (non-hydrogen) atoms. The highest BCUT2D eigenvalue weighted by Crippen LogP contribution is 2.32. The van der Waals surface area contributed by atoms with Crippen molar-refractivity contribution in [3.63, 3.8) is 0 Å². The third-order valence-corrected chi connectivity index (χ3v) is 4.79. The molecule has 1 aromatic heterocycles. The van der Waals surface area contributed by atoms with Gasteiger partial charge in [0.1, 0.15) is 11.6 Å². The van der Waals surface area contributed by atoms with Gasteiger partial charge in [-0.05, 0) is 18.2 Å².